The zero-order valence-corrected chi connectivity index (χ0v) is 40.0. The molecular weight excluding hydrogens is 884 g/mol. The van der Waals surface area contributed by atoms with Crippen molar-refractivity contribution in [2.45, 2.75) is 260 Å². The highest BCUT2D eigenvalue weighted by Gasteiger charge is 2.51. The van der Waals surface area contributed by atoms with Gasteiger partial charge in [-0.3, -0.25) is 4.79 Å². The molecule has 3 fully saturated rings. The number of carbonyl (C=O) groups excluding carboxylic acids is 1. The zero-order chi connectivity index (χ0) is 49.5. The van der Waals surface area contributed by atoms with Gasteiger partial charge in [0.2, 0.25) is 0 Å². The Morgan fingerprint density at radius 1 is 0.567 bits per heavy atom. The van der Waals surface area contributed by atoms with E-state index >= 15 is 0 Å². The van der Waals surface area contributed by atoms with Crippen molar-refractivity contribution < 1.29 is 98.9 Å². The van der Waals surface area contributed by atoms with Crippen LogP contribution in [0.2, 0.25) is 0 Å². The smallest absolute Gasteiger partial charge is 0.332 e. The van der Waals surface area contributed by atoms with Crippen LogP contribution in [0.3, 0.4) is 0 Å². The molecule has 3 saturated heterocycles. The summed E-state index contributed by atoms with van der Waals surface area (Å²) in [7, 11) is 0. The third kappa shape index (κ3) is 21.3. The molecule has 3 rings (SSSR count). The molecule has 0 spiro atoms. The highest BCUT2D eigenvalue weighted by Crippen LogP contribution is 2.32. The molecular formula is C47H86O20. The number of hydrogen-bond acceptors (Lipinski definition) is 19. The number of hydrogen-bond donors (Lipinski definition) is 11. The summed E-state index contributed by atoms with van der Waals surface area (Å²) in [6.45, 7) is 4.40. The zero-order valence-electron chi connectivity index (χ0n) is 40.0. The van der Waals surface area contributed by atoms with Crippen LogP contribution in [-0.4, -0.2) is 192 Å². The second kappa shape index (κ2) is 32.3. The fraction of sp³-hybridized carbons (Fsp3) is 0.957. The van der Waals surface area contributed by atoms with Crippen LogP contribution in [0.1, 0.15) is 156 Å². The number of carboxylic acid groups (broad SMARTS) is 1. The van der Waals surface area contributed by atoms with E-state index in [9.17, 15) is 60.7 Å². The average Bonchev–Trinajstić information content (AvgIpc) is 3.29. The fourth-order valence-corrected chi connectivity index (χ4v) is 8.52. The third-order valence-corrected chi connectivity index (χ3v) is 12.8. The van der Waals surface area contributed by atoms with Crippen LogP contribution in [0.5, 0.6) is 0 Å². The van der Waals surface area contributed by atoms with Crippen molar-refractivity contribution >= 4 is 11.9 Å². The van der Waals surface area contributed by atoms with Gasteiger partial charge in [0.25, 0.3) is 0 Å². The molecule has 67 heavy (non-hydrogen) atoms. The molecule has 3 aliphatic rings. The molecule has 17 atom stereocenters. The van der Waals surface area contributed by atoms with Crippen molar-refractivity contribution in [1.82, 2.24) is 0 Å². The van der Waals surface area contributed by atoms with E-state index in [0.29, 0.717) is 38.5 Å². The second-order valence-corrected chi connectivity index (χ2v) is 19.2. The molecule has 20 nitrogen and oxygen atoms in total. The summed E-state index contributed by atoms with van der Waals surface area (Å²) in [5, 5.41) is 115. The van der Waals surface area contributed by atoms with Crippen molar-refractivity contribution in [1.29, 1.82) is 0 Å². The van der Waals surface area contributed by atoms with Gasteiger partial charge in [-0.25, -0.2) is 4.79 Å². The van der Waals surface area contributed by atoms with Gasteiger partial charge in [-0.2, -0.15) is 0 Å². The first kappa shape index (κ1) is 59.6. The number of rotatable bonds is 34. The van der Waals surface area contributed by atoms with Crippen molar-refractivity contribution in [3.63, 3.8) is 0 Å². The summed E-state index contributed by atoms with van der Waals surface area (Å²) in [6.07, 6.45) is -7.52. The van der Waals surface area contributed by atoms with E-state index in [-0.39, 0.29) is 18.9 Å². The molecule has 20 heteroatoms. The highest BCUT2D eigenvalue weighted by molar-refractivity contribution is 5.71. The largest absolute Gasteiger partial charge is 0.479 e. The third-order valence-electron chi connectivity index (χ3n) is 12.8. The van der Waals surface area contributed by atoms with Crippen LogP contribution in [-0.2, 0) is 42.7 Å². The number of aliphatic hydroxyl groups is 10. The van der Waals surface area contributed by atoms with E-state index in [1.54, 1.807) is 0 Å². The van der Waals surface area contributed by atoms with Gasteiger partial charge in [-0.15, -0.1) is 0 Å². The minimum Gasteiger partial charge on any atom is -0.479 e. The maximum Gasteiger partial charge on any atom is 0.332 e. The molecule has 0 bridgehead atoms. The second-order valence-electron chi connectivity index (χ2n) is 19.2. The first-order valence-electron chi connectivity index (χ1n) is 25.0. The van der Waals surface area contributed by atoms with Gasteiger partial charge in [-0.05, 0) is 44.4 Å². The van der Waals surface area contributed by atoms with E-state index < -0.39 is 129 Å². The van der Waals surface area contributed by atoms with E-state index in [2.05, 4.69) is 0 Å². The molecule has 0 saturated carbocycles. The van der Waals surface area contributed by atoms with Gasteiger partial charge >= 0.3 is 11.9 Å². The lowest BCUT2D eigenvalue weighted by molar-refractivity contribution is -0.380. The lowest BCUT2D eigenvalue weighted by atomic mass is 9.98. The molecule has 0 aromatic rings. The van der Waals surface area contributed by atoms with Gasteiger partial charge in [-0.1, -0.05) is 111 Å². The van der Waals surface area contributed by atoms with Crippen molar-refractivity contribution in [2.75, 3.05) is 19.8 Å². The van der Waals surface area contributed by atoms with Crippen molar-refractivity contribution in [3.8, 4) is 0 Å². The van der Waals surface area contributed by atoms with Crippen LogP contribution in [0.4, 0.5) is 0 Å². The van der Waals surface area contributed by atoms with E-state index in [4.69, 9.17) is 38.3 Å². The molecule has 0 unspecified atom stereocenters. The van der Waals surface area contributed by atoms with Crippen molar-refractivity contribution in [2.24, 2.45) is 5.92 Å². The maximum atomic E-state index is 12.2. The highest BCUT2D eigenvalue weighted by atomic mass is 16.8. The number of ether oxygens (including phenoxy) is 7. The predicted molar refractivity (Wildman–Crippen MR) is 239 cm³/mol. The molecule has 0 aromatic carbocycles. The summed E-state index contributed by atoms with van der Waals surface area (Å²) in [5.74, 6) is -1.75. The number of aliphatic carboxylic acids is 1. The van der Waals surface area contributed by atoms with Crippen molar-refractivity contribution in [3.05, 3.63) is 0 Å². The first-order chi connectivity index (χ1) is 31.9. The average molecular weight is 971 g/mol. The Balaban J connectivity index is 1.48. The Hall–Kier alpha value is -1.70. The van der Waals surface area contributed by atoms with Crippen LogP contribution in [0.15, 0.2) is 0 Å². The normalized spacial score (nSPS) is 32.2. The lowest BCUT2D eigenvalue weighted by Gasteiger charge is -2.46. The SMILES string of the molecule is CCCC[C@H](CCC[C@H](O)[C@H](O)CCCCCCCCCCCCCC[C@@H](O)C(=O)O)O[C@H]1OC[C@H](O)[C@@H](O)[C@@H]1O[C@H]1OC[C@H](O)[C@@H](O)[C@@H]1O[C@H]1O[C@@H](COC(=O)CC(C)C)[C@H](O)[C@@H](O)[C@@H]1O. The summed E-state index contributed by atoms with van der Waals surface area (Å²) in [6, 6.07) is 0. The number of carboxylic acids is 1. The summed E-state index contributed by atoms with van der Waals surface area (Å²) in [4.78, 5) is 22.9. The summed E-state index contributed by atoms with van der Waals surface area (Å²) in [5.41, 5.74) is 0. The Bertz CT molecular complexity index is 1330. The number of unbranched alkanes of at least 4 members (excludes halogenated alkanes) is 12. The molecule has 0 amide bonds. The Morgan fingerprint density at radius 2 is 1.04 bits per heavy atom. The Kier molecular flexibility index (Phi) is 28.7. The predicted octanol–water partition coefficient (Wildman–Crippen LogP) is 1.68. The van der Waals surface area contributed by atoms with Crippen LogP contribution in [0, 0.1) is 5.92 Å². The quantitative estimate of drug-likeness (QED) is 0.0323. The van der Waals surface area contributed by atoms with Gasteiger partial charge in [0.15, 0.2) is 25.0 Å². The maximum absolute atomic E-state index is 12.2. The van der Waals surface area contributed by atoms with E-state index in [0.717, 1.165) is 89.9 Å². The Labute approximate surface area is 395 Å². The fourth-order valence-electron chi connectivity index (χ4n) is 8.52. The monoisotopic (exact) mass is 971 g/mol. The number of aliphatic hydroxyl groups excluding tert-OH is 10. The molecule has 11 N–H and O–H groups in total. The molecule has 3 aliphatic heterocycles. The standard InChI is InChI=1S/C47H86O20/c1-4-5-19-29(20-18-23-31(49)30(48)21-16-14-12-10-8-6-7-9-11-13-15-17-22-32(50)44(59)60)64-46-42(37(54)33(51)25-62-46)67-47-43(38(55)34(52)26-63-47)66-45-41(58)40(57)39(56)35(65-45)27-61-36(53)24-28(2)3/h28-35,37-43,45-52,54-58H,4-27H2,1-3H3,(H,59,60)/t29-,30-,31+,32-,33+,34+,35+,37-,38-,39+,40-,41+,42+,43+,45-,46-,47-/m1/s1. The van der Waals surface area contributed by atoms with Crippen LogP contribution >= 0.6 is 0 Å². The van der Waals surface area contributed by atoms with Gasteiger partial charge < -0.3 is 89.3 Å². The lowest BCUT2D eigenvalue weighted by Crippen LogP contribution is -2.64. The van der Waals surface area contributed by atoms with E-state index in [1.165, 1.54) is 0 Å². The van der Waals surface area contributed by atoms with Gasteiger partial charge in [0.05, 0.1) is 31.5 Å². The van der Waals surface area contributed by atoms with Crippen LogP contribution in [0.25, 0.3) is 0 Å². The molecule has 0 aliphatic carbocycles. The number of esters is 1. The first-order valence-corrected chi connectivity index (χ1v) is 25.0. The summed E-state index contributed by atoms with van der Waals surface area (Å²) < 4.78 is 40.8. The molecule has 0 radical (unpaired) electrons. The minimum absolute atomic E-state index is 0.0120. The Morgan fingerprint density at radius 3 is 1.58 bits per heavy atom. The van der Waals surface area contributed by atoms with E-state index in [1.807, 2.05) is 20.8 Å². The van der Waals surface area contributed by atoms with Crippen LogP contribution < -0.4 is 0 Å². The van der Waals surface area contributed by atoms with Gasteiger partial charge in [0.1, 0.15) is 67.6 Å². The summed E-state index contributed by atoms with van der Waals surface area (Å²) >= 11 is 0. The minimum atomic E-state index is -1.88. The molecule has 3 heterocycles. The molecule has 0 aromatic heterocycles. The van der Waals surface area contributed by atoms with Gasteiger partial charge in [0, 0.05) is 6.42 Å². The topological polar surface area (TPSA) is 321 Å². The number of carbonyl (C=O) groups is 2. The molecule has 394 valence electrons.